The van der Waals surface area contributed by atoms with E-state index < -0.39 is 0 Å². The van der Waals surface area contributed by atoms with Gasteiger partial charge in [0.25, 0.3) is 0 Å². The number of aryl methyl sites for hydroxylation is 1. The molecule has 3 heteroatoms. The lowest BCUT2D eigenvalue weighted by molar-refractivity contribution is 0.112. The van der Waals surface area contributed by atoms with Crippen LogP contribution in [0.5, 0.6) is 0 Å². The van der Waals surface area contributed by atoms with Gasteiger partial charge in [-0.05, 0) is 6.07 Å². The fourth-order valence-corrected chi connectivity index (χ4v) is 1.90. The number of fused-ring (bicyclic) bond motifs is 1. The molecule has 0 aliphatic carbocycles. The Labute approximate surface area is 95.1 Å². The van der Waals surface area contributed by atoms with Crippen LogP contribution in [0.15, 0.2) is 18.2 Å². The molecule has 0 bridgehead atoms. The highest BCUT2D eigenvalue weighted by atomic mass is 16.1. The van der Waals surface area contributed by atoms with E-state index in [9.17, 15) is 4.79 Å². The summed E-state index contributed by atoms with van der Waals surface area (Å²) in [6, 6.07) is 5.70. The second-order valence-electron chi connectivity index (χ2n) is 5.12. The molecule has 84 valence electrons. The lowest BCUT2D eigenvalue weighted by Crippen LogP contribution is -2.12. The molecule has 0 spiro atoms. The number of benzene rings is 1. The highest BCUT2D eigenvalue weighted by molar-refractivity contribution is 5.88. The second-order valence-corrected chi connectivity index (χ2v) is 5.12. The highest BCUT2D eigenvalue weighted by Gasteiger charge is 2.21. The fourth-order valence-electron chi connectivity index (χ4n) is 1.90. The molecule has 2 rings (SSSR count). The summed E-state index contributed by atoms with van der Waals surface area (Å²) in [5, 5.41) is 5.66. The van der Waals surface area contributed by atoms with Gasteiger partial charge in [0.05, 0.1) is 11.2 Å². The van der Waals surface area contributed by atoms with Crippen molar-refractivity contribution < 1.29 is 4.79 Å². The van der Waals surface area contributed by atoms with E-state index in [4.69, 9.17) is 0 Å². The molecule has 1 aromatic carbocycles. The number of aromatic nitrogens is 2. The normalized spacial score (nSPS) is 12.0. The molecule has 0 aliphatic rings. The summed E-state index contributed by atoms with van der Waals surface area (Å²) >= 11 is 0. The van der Waals surface area contributed by atoms with Crippen molar-refractivity contribution in [2.75, 3.05) is 0 Å². The van der Waals surface area contributed by atoms with Crippen LogP contribution in [0.25, 0.3) is 10.9 Å². The molecular weight excluding hydrogens is 200 g/mol. The second kappa shape index (κ2) is 3.44. The van der Waals surface area contributed by atoms with E-state index in [0.717, 1.165) is 22.9 Å². The number of carbonyl (C=O) groups excluding carboxylic acids is 1. The molecule has 1 aromatic heterocycles. The Kier molecular flexibility index (Phi) is 2.34. The number of nitrogens with zero attached hydrogens (tertiary/aromatic N) is 2. The van der Waals surface area contributed by atoms with Crippen LogP contribution in [-0.4, -0.2) is 16.1 Å². The third-order valence-electron chi connectivity index (χ3n) is 2.72. The predicted molar refractivity (Wildman–Crippen MR) is 64.8 cm³/mol. The predicted octanol–water partition coefficient (Wildman–Crippen LogP) is 2.68. The molecular formula is C13H16N2O. The van der Waals surface area contributed by atoms with Crippen LogP contribution in [-0.2, 0) is 12.5 Å². The minimum Gasteiger partial charge on any atom is -0.298 e. The van der Waals surface area contributed by atoms with Gasteiger partial charge >= 0.3 is 0 Å². The number of carbonyl (C=O) groups is 1. The Morgan fingerprint density at radius 2 is 2.00 bits per heavy atom. The van der Waals surface area contributed by atoms with Crippen molar-refractivity contribution in [3.63, 3.8) is 0 Å². The van der Waals surface area contributed by atoms with E-state index in [1.165, 1.54) is 0 Å². The van der Waals surface area contributed by atoms with Crippen molar-refractivity contribution in [2.45, 2.75) is 26.2 Å². The van der Waals surface area contributed by atoms with Gasteiger partial charge in [-0.1, -0.05) is 32.9 Å². The van der Waals surface area contributed by atoms with E-state index in [1.807, 2.05) is 29.9 Å². The molecule has 2 aromatic rings. The minimum absolute atomic E-state index is 0.0161. The monoisotopic (exact) mass is 216 g/mol. The Balaban J connectivity index is 2.77. The van der Waals surface area contributed by atoms with Crippen LogP contribution in [0.3, 0.4) is 0 Å². The number of hydrogen-bond acceptors (Lipinski definition) is 2. The van der Waals surface area contributed by atoms with Crippen LogP contribution in [0, 0.1) is 0 Å². The zero-order valence-electron chi connectivity index (χ0n) is 10.1. The Bertz CT molecular complexity index is 547. The molecule has 3 nitrogen and oxygen atoms in total. The van der Waals surface area contributed by atoms with Gasteiger partial charge in [0, 0.05) is 23.4 Å². The van der Waals surface area contributed by atoms with Gasteiger partial charge in [0.2, 0.25) is 0 Å². The Morgan fingerprint density at radius 3 is 2.56 bits per heavy atom. The van der Waals surface area contributed by atoms with Crippen LogP contribution in [0.4, 0.5) is 0 Å². The van der Waals surface area contributed by atoms with Crippen molar-refractivity contribution in [1.82, 2.24) is 9.78 Å². The summed E-state index contributed by atoms with van der Waals surface area (Å²) < 4.78 is 1.84. The van der Waals surface area contributed by atoms with Crippen molar-refractivity contribution in [1.29, 1.82) is 0 Å². The molecule has 16 heavy (non-hydrogen) atoms. The molecule has 0 amide bonds. The van der Waals surface area contributed by atoms with Crippen LogP contribution >= 0.6 is 0 Å². The van der Waals surface area contributed by atoms with E-state index in [1.54, 1.807) is 0 Å². The zero-order chi connectivity index (χ0) is 11.9. The standard InChI is InChI=1S/C13H16N2O/c1-13(2,3)12-10-6-5-9(8-16)7-11(10)15(4)14-12/h5-8H,1-4H3. The maximum absolute atomic E-state index is 10.7. The summed E-state index contributed by atoms with van der Waals surface area (Å²) in [5.74, 6) is 0. The van der Waals surface area contributed by atoms with Gasteiger partial charge < -0.3 is 0 Å². The van der Waals surface area contributed by atoms with Crippen LogP contribution in [0.2, 0.25) is 0 Å². The van der Waals surface area contributed by atoms with Gasteiger partial charge in [-0.15, -0.1) is 0 Å². The summed E-state index contributed by atoms with van der Waals surface area (Å²) in [4.78, 5) is 10.7. The molecule has 1 heterocycles. The fraction of sp³-hybridized carbons (Fsp3) is 0.385. The van der Waals surface area contributed by atoms with Crippen molar-refractivity contribution in [2.24, 2.45) is 7.05 Å². The summed E-state index contributed by atoms with van der Waals surface area (Å²) in [5.41, 5.74) is 2.79. The largest absolute Gasteiger partial charge is 0.298 e. The van der Waals surface area contributed by atoms with E-state index in [0.29, 0.717) is 5.56 Å². The van der Waals surface area contributed by atoms with Gasteiger partial charge in [-0.2, -0.15) is 5.10 Å². The van der Waals surface area contributed by atoms with Crippen LogP contribution in [0.1, 0.15) is 36.8 Å². The molecule has 0 fully saturated rings. The van der Waals surface area contributed by atoms with E-state index in [-0.39, 0.29) is 5.41 Å². The van der Waals surface area contributed by atoms with Gasteiger partial charge in [-0.25, -0.2) is 0 Å². The lowest BCUT2D eigenvalue weighted by Gasteiger charge is -2.15. The molecule has 0 saturated carbocycles. The first-order chi connectivity index (χ1) is 7.43. The van der Waals surface area contributed by atoms with Crippen LogP contribution < -0.4 is 0 Å². The molecule has 0 aliphatic heterocycles. The van der Waals surface area contributed by atoms with Gasteiger partial charge in [-0.3, -0.25) is 9.48 Å². The third-order valence-corrected chi connectivity index (χ3v) is 2.72. The third kappa shape index (κ3) is 1.62. The maximum atomic E-state index is 10.7. The average molecular weight is 216 g/mol. The van der Waals surface area contributed by atoms with E-state index >= 15 is 0 Å². The maximum Gasteiger partial charge on any atom is 0.150 e. The topological polar surface area (TPSA) is 34.9 Å². The number of hydrogen-bond donors (Lipinski definition) is 0. The number of rotatable bonds is 1. The molecule has 0 atom stereocenters. The summed E-state index contributed by atoms with van der Waals surface area (Å²) in [6.07, 6.45) is 0.864. The lowest BCUT2D eigenvalue weighted by atomic mass is 9.90. The first-order valence-corrected chi connectivity index (χ1v) is 5.36. The smallest absolute Gasteiger partial charge is 0.150 e. The highest BCUT2D eigenvalue weighted by Crippen LogP contribution is 2.29. The number of aldehydes is 1. The average Bonchev–Trinajstić information content (AvgIpc) is 2.55. The minimum atomic E-state index is 0.0161. The first-order valence-electron chi connectivity index (χ1n) is 5.36. The zero-order valence-corrected chi connectivity index (χ0v) is 10.1. The summed E-state index contributed by atoms with van der Waals surface area (Å²) in [7, 11) is 1.91. The SMILES string of the molecule is Cn1nc(C(C)(C)C)c2ccc(C=O)cc21. The first kappa shape index (κ1) is 10.9. The molecule has 0 unspecified atom stereocenters. The van der Waals surface area contributed by atoms with Crippen molar-refractivity contribution >= 4 is 17.2 Å². The van der Waals surface area contributed by atoms with Gasteiger partial charge in [0.15, 0.2) is 0 Å². The quantitative estimate of drug-likeness (QED) is 0.687. The summed E-state index contributed by atoms with van der Waals surface area (Å²) in [6.45, 7) is 6.42. The van der Waals surface area contributed by atoms with Gasteiger partial charge in [0.1, 0.15) is 6.29 Å². The van der Waals surface area contributed by atoms with E-state index in [2.05, 4.69) is 25.9 Å². The Hall–Kier alpha value is -1.64. The van der Waals surface area contributed by atoms with Crippen molar-refractivity contribution in [3.05, 3.63) is 29.5 Å². The molecule has 0 saturated heterocycles. The Morgan fingerprint density at radius 1 is 1.31 bits per heavy atom. The van der Waals surface area contributed by atoms with Crippen molar-refractivity contribution in [3.8, 4) is 0 Å². The molecule has 0 radical (unpaired) electrons. The molecule has 0 N–H and O–H groups in total.